The average Bonchev–Trinajstić information content (AvgIpc) is 3.21. The van der Waals surface area contributed by atoms with Crippen molar-refractivity contribution in [1.29, 1.82) is 0 Å². The Morgan fingerprint density at radius 2 is 1.92 bits per heavy atom. The van der Waals surface area contributed by atoms with Gasteiger partial charge in [-0.2, -0.15) is 0 Å². The molecule has 1 aromatic carbocycles. The lowest BCUT2D eigenvalue weighted by Crippen LogP contribution is -2.06. The number of rotatable bonds is 6. The highest BCUT2D eigenvalue weighted by Crippen LogP contribution is 2.38. The largest absolute Gasteiger partial charge is 0.497 e. The van der Waals surface area contributed by atoms with Gasteiger partial charge in [-0.05, 0) is 43.3 Å². The standard InChI is InChI=1S/C18H16ClNO3S2/c1-3-23-16(21)10-14-17(13-8-9-15(19)24-13)20-18(25-14)11-4-6-12(22-2)7-5-11/h4-9H,3,10H2,1-2H3. The van der Waals surface area contributed by atoms with E-state index in [-0.39, 0.29) is 12.4 Å². The quantitative estimate of drug-likeness (QED) is 0.533. The zero-order valence-electron chi connectivity index (χ0n) is 13.7. The van der Waals surface area contributed by atoms with Crippen LogP contribution in [0, 0.1) is 0 Å². The first-order chi connectivity index (χ1) is 12.1. The van der Waals surface area contributed by atoms with Crippen LogP contribution >= 0.6 is 34.3 Å². The van der Waals surface area contributed by atoms with E-state index in [1.165, 1.54) is 22.7 Å². The minimum atomic E-state index is -0.253. The van der Waals surface area contributed by atoms with Crippen molar-refractivity contribution in [2.24, 2.45) is 0 Å². The molecule has 2 heterocycles. The van der Waals surface area contributed by atoms with Crippen LogP contribution in [0.3, 0.4) is 0 Å². The number of thiophene rings is 1. The molecular weight excluding hydrogens is 378 g/mol. The van der Waals surface area contributed by atoms with E-state index in [1.807, 2.05) is 36.4 Å². The van der Waals surface area contributed by atoms with Gasteiger partial charge in [0.1, 0.15) is 10.8 Å². The summed E-state index contributed by atoms with van der Waals surface area (Å²) in [4.78, 5) is 18.5. The average molecular weight is 394 g/mol. The molecule has 130 valence electrons. The highest BCUT2D eigenvalue weighted by Gasteiger charge is 2.19. The SMILES string of the molecule is CCOC(=O)Cc1sc(-c2ccc(OC)cc2)nc1-c1ccc(Cl)s1. The number of hydrogen-bond donors (Lipinski definition) is 0. The lowest BCUT2D eigenvalue weighted by molar-refractivity contribution is -0.142. The zero-order valence-corrected chi connectivity index (χ0v) is 16.1. The molecule has 4 nitrogen and oxygen atoms in total. The zero-order chi connectivity index (χ0) is 17.8. The van der Waals surface area contributed by atoms with E-state index >= 15 is 0 Å². The predicted octanol–water partition coefficient (Wildman–Crippen LogP) is 5.31. The molecule has 0 N–H and O–H groups in total. The Balaban J connectivity index is 1.99. The molecule has 3 aromatic rings. The number of esters is 1. The summed E-state index contributed by atoms with van der Waals surface area (Å²) in [6.07, 6.45) is 0.201. The molecule has 0 fully saturated rings. The Labute approximate surface area is 159 Å². The van der Waals surface area contributed by atoms with Crippen LogP contribution in [0.2, 0.25) is 4.34 Å². The topological polar surface area (TPSA) is 48.4 Å². The minimum Gasteiger partial charge on any atom is -0.497 e. The van der Waals surface area contributed by atoms with Gasteiger partial charge in [0.05, 0.1) is 35.0 Å². The highest BCUT2D eigenvalue weighted by molar-refractivity contribution is 7.20. The van der Waals surface area contributed by atoms with Crippen LogP contribution in [0.4, 0.5) is 0 Å². The van der Waals surface area contributed by atoms with Gasteiger partial charge in [0.25, 0.3) is 0 Å². The second-order valence-electron chi connectivity index (χ2n) is 5.10. The van der Waals surface area contributed by atoms with E-state index in [2.05, 4.69) is 0 Å². The number of hydrogen-bond acceptors (Lipinski definition) is 6. The number of ether oxygens (including phenoxy) is 2. The van der Waals surface area contributed by atoms with Gasteiger partial charge < -0.3 is 9.47 Å². The summed E-state index contributed by atoms with van der Waals surface area (Å²) in [6.45, 7) is 2.16. The Morgan fingerprint density at radius 1 is 1.16 bits per heavy atom. The van der Waals surface area contributed by atoms with Crippen molar-refractivity contribution in [3.8, 4) is 26.9 Å². The summed E-state index contributed by atoms with van der Waals surface area (Å²) in [5.41, 5.74) is 1.77. The van der Waals surface area contributed by atoms with Crippen molar-refractivity contribution >= 4 is 40.2 Å². The van der Waals surface area contributed by atoms with Crippen LogP contribution in [0.1, 0.15) is 11.8 Å². The van der Waals surface area contributed by atoms with Crippen LogP contribution in [0.25, 0.3) is 21.1 Å². The van der Waals surface area contributed by atoms with E-state index < -0.39 is 0 Å². The fourth-order valence-corrected chi connectivity index (χ4v) is 4.50. The number of benzene rings is 1. The molecule has 3 rings (SSSR count). The maximum absolute atomic E-state index is 11.9. The molecule has 0 amide bonds. The summed E-state index contributed by atoms with van der Waals surface area (Å²) in [5.74, 6) is 0.536. The Bertz CT molecular complexity index is 871. The van der Waals surface area contributed by atoms with Crippen LogP contribution in [-0.2, 0) is 16.0 Å². The first-order valence-corrected chi connectivity index (χ1v) is 9.67. The molecule has 0 saturated carbocycles. The first-order valence-electron chi connectivity index (χ1n) is 7.66. The van der Waals surface area contributed by atoms with Crippen molar-refractivity contribution in [3.05, 3.63) is 45.6 Å². The molecule has 0 unspecified atom stereocenters. The van der Waals surface area contributed by atoms with Crippen molar-refractivity contribution < 1.29 is 14.3 Å². The molecule has 0 saturated heterocycles. The van der Waals surface area contributed by atoms with Crippen LogP contribution < -0.4 is 4.74 Å². The molecule has 7 heteroatoms. The monoisotopic (exact) mass is 393 g/mol. The molecule has 0 bridgehead atoms. The van der Waals surface area contributed by atoms with Crippen LogP contribution in [-0.4, -0.2) is 24.7 Å². The van der Waals surface area contributed by atoms with E-state index in [0.717, 1.165) is 31.8 Å². The lowest BCUT2D eigenvalue weighted by Gasteiger charge is -2.01. The lowest BCUT2D eigenvalue weighted by atomic mass is 10.2. The van der Waals surface area contributed by atoms with E-state index in [4.69, 9.17) is 26.1 Å². The number of carbonyl (C=O) groups excluding carboxylic acids is 1. The third-order valence-electron chi connectivity index (χ3n) is 3.45. The van der Waals surface area contributed by atoms with Crippen molar-refractivity contribution in [1.82, 2.24) is 4.98 Å². The number of thiazole rings is 1. The van der Waals surface area contributed by atoms with Gasteiger partial charge >= 0.3 is 5.97 Å². The summed E-state index contributed by atoms with van der Waals surface area (Å²) >= 11 is 9.01. The summed E-state index contributed by atoms with van der Waals surface area (Å²) < 4.78 is 11.0. The number of nitrogens with zero attached hydrogens (tertiary/aromatic N) is 1. The molecule has 2 aromatic heterocycles. The highest BCUT2D eigenvalue weighted by atomic mass is 35.5. The maximum atomic E-state index is 11.9. The number of carbonyl (C=O) groups is 1. The van der Waals surface area contributed by atoms with Gasteiger partial charge in [-0.3, -0.25) is 4.79 Å². The van der Waals surface area contributed by atoms with Crippen LogP contribution in [0.5, 0.6) is 5.75 Å². The number of methoxy groups -OCH3 is 1. The van der Waals surface area contributed by atoms with Crippen molar-refractivity contribution in [3.63, 3.8) is 0 Å². The third kappa shape index (κ3) is 4.21. The van der Waals surface area contributed by atoms with E-state index in [0.29, 0.717) is 10.9 Å². The molecule has 0 aliphatic rings. The van der Waals surface area contributed by atoms with Gasteiger partial charge in [0.2, 0.25) is 0 Å². The molecular formula is C18H16ClNO3S2. The summed E-state index contributed by atoms with van der Waals surface area (Å²) in [5, 5.41) is 0.849. The second-order valence-corrected chi connectivity index (χ2v) is 7.90. The first kappa shape index (κ1) is 17.9. The van der Waals surface area contributed by atoms with Gasteiger partial charge in [-0.1, -0.05) is 11.6 Å². The minimum absolute atomic E-state index is 0.201. The van der Waals surface area contributed by atoms with Crippen molar-refractivity contribution in [2.75, 3.05) is 13.7 Å². The van der Waals surface area contributed by atoms with Crippen LogP contribution in [0.15, 0.2) is 36.4 Å². The molecule has 0 aliphatic carbocycles. The van der Waals surface area contributed by atoms with Gasteiger partial charge in [-0.15, -0.1) is 22.7 Å². The molecule has 0 spiro atoms. The Morgan fingerprint density at radius 3 is 2.52 bits per heavy atom. The number of aromatic nitrogens is 1. The molecule has 0 radical (unpaired) electrons. The fourth-order valence-electron chi connectivity index (χ4n) is 2.31. The predicted molar refractivity (Wildman–Crippen MR) is 103 cm³/mol. The normalized spacial score (nSPS) is 10.7. The van der Waals surface area contributed by atoms with E-state index in [9.17, 15) is 4.79 Å². The Hall–Kier alpha value is -1.89. The van der Waals surface area contributed by atoms with E-state index in [1.54, 1.807) is 14.0 Å². The van der Waals surface area contributed by atoms with Gasteiger partial charge in [-0.25, -0.2) is 4.98 Å². The third-order valence-corrected chi connectivity index (χ3v) is 5.79. The smallest absolute Gasteiger partial charge is 0.311 e. The molecule has 25 heavy (non-hydrogen) atoms. The number of halogens is 1. The van der Waals surface area contributed by atoms with Gasteiger partial charge in [0, 0.05) is 10.4 Å². The molecule has 0 aliphatic heterocycles. The van der Waals surface area contributed by atoms with Gasteiger partial charge in [0.15, 0.2) is 0 Å². The summed E-state index contributed by atoms with van der Waals surface area (Å²) in [6, 6.07) is 11.5. The second kappa shape index (κ2) is 7.99. The van der Waals surface area contributed by atoms with Crippen molar-refractivity contribution in [2.45, 2.75) is 13.3 Å². The fraction of sp³-hybridized carbons (Fsp3) is 0.222. The maximum Gasteiger partial charge on any atom is 0.311 e. The Kier molecular flexibility index (Phi) is 5.73. The summed E-state index contributed by atoms with van der Waals surface area (Å²) in [7, 11) is 1.63. The molecule has 0 atom stereocenters.